The second-order valence-electron chi connectivity index (χ2n) is 4.99. The minimum atomic E-state index is -3.51. The van der Waals surface area contributed by atoms with E-state index in [1.54, 1.807) is 19.2 Å². The topological polar surface area (TPSA) is 67.4 Å². The van der Waals surface area contributed by atoms with Gasteiger partial charge in [-0.25, -0.2) is 13.1 Å². The molecule has 1 aromatic rings. The zero-order valence-electron chi connectivity index (χ0n) is 12.0. The first-order valence-corrected chi connectivity index (χ1v) is 8.44. The predicted molar refractivity (Wildman–Crippen MR) is 79.5 cm³/mol. The van der Waals surface area contributed by atoms with Crippen molar-refractivity contribution in [2.24, 2.45) is 0 Å². The molecule has 1 heterocycles. The maximum atomic E-state index is 12.6. The van der Waals surface area contributed by atoms with E-state index in [1.165, 1.54) is 0 Å². The van der Waals surface area contributed by atoms with Crippen LogP contribution in [0.25, 0.3) is 0 Å². The van der Waals surface area contributed by atoms with Crippen molar-refractivity contribution in [3.63, 3.8) is 0 Å². The number of sulfonamides is 1. The molecule has 0 saturated carbocycles. The van der Waals surface area contributed by atoms with E-state index < -0.39 is 10.0 Å². The van der Waals surface area contributed by atoms with Gasteiger partial charge in [0, 0.05) is 25.4 Å². The van der Waals surface area contributed by atoms with Gasteiger partial charge in [0.1, 0.15) is 0 Å². The molecule has 0 aromatic heterocycles. The Kier molecular flexibility index (Phi) is 5.01. The van der Waals surface area contributed by atoms with Crippen molar-refractivity contribution >= 4 is 15.7 Å². The monoisotopic (exact) mass is 298 g/mol. The van der Waals surface area contributed by atoms with Crippen molar-refractivity contribution in [3.05, 3.63) is 23.8 Å². The van der Waals surface area contributed by atoms with Crippen LogP contribution in [0.3, 0.4) is 0 Å². The molecule has 1 atom stereocenters. The maximum Gasteiger partial charge on any atom is 0.241 e. The van der Waals surface area contributed by atoms with Gasteiger partial charge in [0.15, 0.2) is 0 Å². The van der Waals surface area contributed by atoms with E-state index in [0.717, 1.165) is 30.6 Å². The van der Waals surface area contributed by atoms with Crippen LogP contribution in [0, 0.1) is 0 Å². The highest BCUT2D eigenvalue weighted by Gasteiger charge is 2.24. The Labute approximate surface area is 120 Å². The van der Waals surface area contributed by atoms with Crippen molar-refractivity contribution < 1.29 is 13.2 Å². The zero-order chi connectivity index (χ0) is 14.6. The van der Waals surface area contributed by atoms with Crippen LogP contribution in [0.2, 0.25) is 0 Å². The van der Waals surface area contributed by atoms with Gasteiger partial charge in [-0.3, -0.25) is 0 Å². The second kappa shape index (κ2) is 6.56. The molecule has 0 aliphatic carbocycles. The molecule has 20 heavy (non-hydrogen) atoms. The minimum absolute atomic E-state index is 0.197. The summed E-state index contributed by atoms with van der Waals surface area (Å²) in [5.41, 5.74) is 1.82. The molecule has 0 spiro atoms. The summed E-state index contributed by atoms with van der Waals surface area (Å²) >= 11 is 0. The Bertz CT molecular complexity index is 558. The number of nitrogens with one attached hydrogen (secondary N) is 2. The zero-order valence-corrected chi connectivity index (χ0v) is 12.8. The molecule has 112 valence electrons. The number of benzene rings is 1. The van der Waals surface area contributed by atoms with Crippen molar-refractivity contribution in [1.82, 2.24) is 4.72 Å². The van der Waals surface area contributed by atoms with E-state index in [9.17, 15) is 8.42 Å². The van der Waals surface area contributed by atoms with Crippen LogP contribution in [-0.4, -0.2) is 34.7 Å². The van der Waals surface area contributed by atoms with Crippen molar-refractivity contribution in [3.8, 4) is 0 Å². The average molecular weight is 298 g/mol. The predicted octanol–water partition coefficient (Wildman–Crippen LogP) is 1.75. The molecule has 1 unspecified atom stereocenters. The Hall–Kier alpha value is -1.11. The first-order valence-electron chi connectivity index (χ1n) is 6.95. The second-order valence-corrected chi connectivity index (χ2v) is 6.68. The SMILES string of the molecule is CCC(COC)NS(=O)(=O)c1cccc2c1CCCN2. The third-order valence-corrected chi connectivity index (χ3v) is 5.13. The van der Waals surface area contributed by atoms with Crippen LogP contribution in [0.5, 0.6) is 0 Å². The van der Waals surface area contributed by atoms with Crippen LogP contribution in [0.4, 0.5) is 5.69 Å². The summed E-state index contributed by atoms with van der Waals surface area (Å²) in [6.07, 6.45) is 2.44. The summed E-state index contributed by atoms with van der Waals surface area (Å²) < 4.78 is 32.9. The van der Waals surface area contributed by atoms with E-state index in [-0.39, 0.29) is 6.04 Å². The standard InChI is InChI=1S/C14H22N2O3S/c1-3-11(10-19-2)16-20(17,18)14-8-4-7-13-12(14)6-5-9-15-13/h4,7-8,11,15-16H,3,5-6,9-10H2,1-2H3. The molecule has 0 saturated heterocycles. The molecular formula is C14H22N2O3S. The lowest BCUT2D eigenvalue weighted by Gasteiger charge is -2.22. The number of rotatable bonds is 6. The highest BCUT2D eigenvalue weighted by atomic mass is 32.2. The number of hydrogen-bond donors (Lipinski definition) is 2. The Morgan fingerprint density at radius 1 is 1.45 bits per heavy atom. The van der Waals surface area contributed by atoms with Gasteiger partial charge in [0.05, 0.1) is 11.5 Å². The fourth-order valence-corrected chi connectivity index (χ4v) is 4.04. The first-order chi connectivity index (χ1) is 9.58. The number of hydrogen-bond acceptors (Lipinski definition) is 4. The third kappa shape index (κ3) is 3.31. The number of ether oxygens (including phenoxy) is 1. The summed E-state index contributed by atoms with van der Waals surface area (Å²) in [6.45, 7) is 3.21. The highest BCUT2D eigenvalue weighted by Crippen LogP contribution is 2.28. The van der Waals surface area contributed by atoms with Crippen LogP contribution in [0.15, 0.2) is 23.1 Å². The lowest BCUT2D eigenvalue weighted by Crippen LogP contribution is -2.38. The molecule has 2 N–H and O–H groups in total. The summed E-state index contributed by atoms with van der Waals surface area (Å²) in [7, 11) is -1.93. The molecule has 1 aliphatic rings. The molecule has 2 rings (SSSR count). The van der Waals surface area contributed by atoms with Gasteiger partial charge in [-0.15, -0.1) is 0 Å². The van der Waals surface area contributed by atoms with Crippen molar-refractivity contribution in [1.29, 1.82) is 0 Å². The smallest absolute Gasteiger partial charge is 0.241 e. The normalized spacial score (nSPS) is 16.3. The van der Waals surface area contributed by atoms with Crippen LogP contribution < -0.4 is 10.0 Å². The molecule has 0 radical (unpaired) electrons. The van der Waals surface area contributed by atoms with E-state index in [0.29, 0.717) is 17.9 Å². The Morgan fingerprint density at radius 2 is 2.25 bits per heavy atom. The van der Waals surface area contributed by atoms with Crippen LogP contribution in [-0.2, 0) is 21.2 Å². The fraction of sp³-hybridized carbons (Fsp3) is 0.571. The molecular weight excluding hydrogens is 276 g/mol. The van der Waals surface area contributed by atoms with Crippen LogP contribution >= 0.6 is 0 Å². The molecule has 5 nitrogen and oxygen atoms in total. The third-order valence-electron chi connectivity index (χ3n) is 3.52. The van der Waals surface area contributed by atoms with Gasteiger partial charge >= 0.3 is 0 Å². The minimum Gasteiger partial charge on any atom is -0.385 e. The van der Waals surface area contributed by atoms with Crippen LogP contribution in [0.1, 0.15) is 25.3 Å². The summed E-state index contributed by atoms with van der Waals surface area (Å²) in [4.78, 5) is 0.386. The number of methoxy groups -OCH3 is 1. The number of fused-ring (bicyclic) bond motifs is 1. The fourth-order valence-electron chi connectivity index (χ4n) is 2.45. The van der Waals surface area contributed by atoms with Crippen molar-refractivity contribution in [2.75, 3.05) is 25.6 Å². The molecule has 1 aliphatic heterocycles. The summed E-state index contributed by atoms with van der Waals surface area (Å²) in [6, 6.07) is 5.19. The Morgan fingerprint density at radius 3 is 2.95 bits per heavy atom. The number of anilines is 1. The van der Waals surface area contributed by atoms with Gasteiger partial charge in [0.2, 0.25) is 10.0 Å². The van der Waals surface area contributed by atoms with Gasteiger partial charge in [-0.1, -0.05) is 13.0 Å². The van der Waals surface area contributed by atoms with E-state index in [2.05, 4.69) is 10.0 Å². The largest absolute Gasteiger partial charge is 0.385 e. The van der Waals surface area contributed by atoms with Gasteiger partial charge in [-0.05, 0) is 37.0 Å². The van der Waals surface area contributed by atoms with E-state index in [4.69, 9.17) is 4.74 Å². The first kappa shape index (κ1) is 15.3. The maximum absolute atomic E-state index is 12.6. The lowest BCUT2D eigenvalue weighted by atomic mass is 10.0. The van der Waals surface area contributed by atoms with Gasteiger partial charge in [-0.2, -0.15) is 0 Å². The van der Waals surface area contributed by atoms with E-state index >= 15 is 0 Å². The molecule has 0 fully saturated rings. The highest BCUT2D eigenvalue weighted by molar-refractivity contribution is 7.89. The molecule has 0 amide bonds. The lowest BCUT2D eigenvalue weighted by molar-refractivity contribution is 0.173. The molecule has 6 heteroatoms. The van der Waals surface area contributed by atoms with Gasteiger partial charge < -0.3 is 10.1 Å². The van der Waals surface area contributed by atoms with E-state index in [1.807, 2.05) is 13.0 Å². The average Bonchev–Trinajstić information content (AvgIpc) is 2.46. The Balaban J connectivity index is 2.30. The van der Waals surface area contributed by atoms with Crippen molar-refractivity contribution in [2.45, 2.75) is 37.1 Å². The summed E-state index contributed by atoms with van der Waals surface area (Å²) in [5.74, 6) is 0. The van der Waals surface area contributed by atoms with Gasteiger partial charge in [0.25, 0.3) is 0 Å². The quantitative estimate of drug-likeness (QED) is 0.839. The molecule has 0 bridgehead atoms. The molecule has 1 aromatic carbocycles. The summed E-state index contributed by atoms with van der Waals surface area (Å²) in [5, 5.41) is 3.25.